The number of fused-ring (bicyclic) bond motifs is 2. The number of benzene rings is 1. The van der Waals surface area contributed by atoms with Crippen LogP contribution in [0.15, 0.2) is 66.1 Å². The van der Waals surface area contributed by atoms with Gasteiger partial charge in [0.25, 0.3) is 10.0 Å². The molecular formula is C25H24FN7O3S. The van der Waals surface area contributed by atoms with Gasteiger partial charge < -0.3 is 0 Å². The molecule has 4 aromatic rings. The minimum absolute atomic E-state index is 0.00709. The van der Waals surface area contributed by atoms with E-state index in [9.17, 15) is 17.6 Å². The van der Waals surface area contributed by atoms with Crippen LogP contribution in [0.4, 0.5) is 4.39 Å². The third-order valence-corrected chi connectivity index (χ3v) is 9.18. The molecule has 0 spiro atoms. The van der Waals surface area contributed by atoms with Gasteiger partial charge in [-0.25, -0.2) is 17.5 Å². The van der Waals surface area contributed by atoms with E-state index in [4.69, 9.17) is 0 Å². The summed E-state index contributed by atoms with van der Waals surface area (Å²) in [4.78, 5) is 19.6. The molecule has 4 heterocycles. The smallest absolute Gasteiger partial charge is 0.264 e. The second-order valence-electron chi connectivity index (χ2n) is 9.58. The Morgan fingerprint density at radius 2 is 1.92 bits per heavy atom. The van der Waals surface area contributed by atoms with Crippen LogP contribution in [0.25, 0.3) is 5.69 Å². The molecule has 0 saturated carbocycles. The molecule has 3 aromatic heterocycles. The Balaban J connectivity index is 1.43. The molecule has 0 bridgehead atoms. The molecule has 0 amide bonds. The maximum Gasteiger partial charge on any atom is 0.264 e. The van der Waals surface area contributed by atoms with Crippen LogP contribution in [-0.4, -0.2) is 61.4 Å². The predicted octanol–water partition coefficient (Wildman–Crippen LogP) is 2.21. The molecule has 10 nitrogen and oxygen atoms in total. The van der Waals surface area contributed by atoms with E-state index in [2.05, 4.69) is 20.3 Å². The summed E-state index contributed by atoms with van der Waals surface area (Å²) in [5, 5.41) is 12.3. The molecule has 1 aliphatic heterocycles. The number of piperidine rings is 1. The van der Waals surface area contributed by atoms with E-state index in [0.717, 1.165) is 16.9 Å². The van der Waals surface area contributed by atoms with Gasteiger partial charge in [-0.15, -0.1) is 5.10 Å². The normalized spacial score (nSPS) is 21.8. The molecule has 0 N–H and O–H groups in total. The van der Waals surface area contributed by atoms with E-state index in [1.54, 1.807) is 54.5 Å². The van der Waals surface area contributed by atoms with Gasteiger partial charge >= 0.3 is 0 Å². The lowest BCUT2D eigenvalue weighted by atomic mass is 9.60. The summed E-state index contributed by atoms with van der Waals surface area (Å²) in [5.74, 6) is -0.655. The molecule has 1 aromatic carbocycles. The molecule has 12 heteroatoms. The maximum absolute atomic E-state index is 14.1. The number of carbonyl (C=O) groups excluding carboxylic acids is 1. The molecule has 0 radical (unpaired) electrons. The summed E-state index contributed by atoms with van der Waals surface area (Å²) >= 11 is 0. The first-order valence-corrected chi connectivity index (χ1v) is 13.4. The number of carbonyl (C=O) groups is 1. The van der Waals surface area contributed by atoms with Crippen LogP contribution in [-0.2, 0) is 29.9 Å². The van der Waals surface area contributed by atoms with E-state index in [0.29, 0.717) is 25.0 Å². The average molecular weight is 522 g/mol. The Kier molecular flexibility index (Phi) is 5.53. The fraction of sp³-hybridized carbons (Fsp3) is 0.320. The third-order valence-electron chi connectivity index (χ3n) is 7.47. The van der Waals surface area contributed by atoms with Crippen molar-refractivity contribution in [1.82, 2.24) is 34.1 Å². The largest absolute Gasteiger partial charge is 0.292 e. The maximum atomic E-state index is 14.1. The highest BCUT2D eigenvalue weighted by Crippen LogP contribution is 2.48. The van der Waals surface area contributed by atoms with Gasteiger partial charge in [0.2, 0.25) is 5.03 Å². The van der Waals surface area contributed by atoms with Gasteiger partial charge in [0.15, 0.2) is 5.78 Å². The van der Waals surface area contributed by atoms with Crippen molar-refractivity contribution in [3.8, 4) is 5.69 Å². The summed E-state index contributed by atoms with van der Waals surface area (Å²) < 4.78 is 43.6. The summed E-state index contributed by atoms with van der Waals surface area (Å²) in [6, 6.07) is 11.3. The van der Waals surface area contributed by atoms with Gasteiger partial charge in [0.05, 0.1) is 23.5 Å². The van der Waals surface area contributed by atoms with E-state index in [-0.39, 0.29) is 35.6 Å². The predicted molar refractivity (Wildman–Crippen MR) is 130 cm³/mol. The molecule has 37 heavy (non-hydrogen) atoms. The Morgan fingerprint density at radius 1 is 1.11 bits per heavy atom. The lowest BCUT2D eigenvalue weighted by Gasteiger charge is -2.48. The molecule has 6 rings (SSSR count). The monoisotopic (exact) mass is 521 g/mol. The van der Waals surface area contributed by atoms with Gasteiger partial charge in [-0.05, 0) is 67.1 Å². The fourth-order valence-electron chi connectivity index (χ4n) is 5.62. The zero-order valence-electron chi connectivity index (χ0n) is 20.0. The zero-order valence-corrected chi connectivity index (χ0v) is 20.8. The summed E-state index contributed by atoms with van der Waals surface area (Å²) in [6.45, 7) is 0.258. The van der Waals surface area contributed by atoms with Crippen molar-refractivity contribution >= 4 is 15.8 Å². The molecule has 2 unspecified atom stereocenters. The Morgan fingerprint density at radius 3 is 2.62 bits per heavy atom. The van der Waals surface area contributed by atoms with Gasteiger partial charge in [0, 0.05) is 32.0 Å². The van der Waals surface area contributed by atoms with Crippen molar-refractivity contribution in [2.45, 2.75) is 24.3 Å². The van der Waals surface area contributed by atoms with Crippen molar-refractivity contribution in [1.29, 1.82) is 0 Å². The molecule has 2 aliphatic rings. The number of pyridine rings is 1. The van der Waals surface area contributed by atoms with Gasteiger partial charge in [0.1, 0.15) is 11.5 Å². The summed E-state index contributed by atoms with van der Waals surface area (Å²) in [5.41, 5.74) is 1.83. The molecule has 1 saturated heterocycles. The summed E-state index contributed by atoms with van der Waals surface area (Å²) in [7, 11) is -2.40. The zero-order chi connectivity index (χ0) is 25.8. The first-order chi connectivity index (χ1) is 17.8. The molecule has 2 atom stereocenters. The van der Waals surface area contributed by atoms with Crippen LogP contribution in [0.5, 0.6) is 0 Å². The van der Waals surface area contributed by atoms with Crippen molar-refractivity contribution in [2.75, 3.05) is 13.1 Å². The Bertz CT molecular complexity index is 1580. The first-order valence-electron chi connectivity index (χ1n) is 11.9. The van der Waals surface area contributed by atoms with E-state index < -0.39 is 15.4 Å². The molecule has 1 fully saturated rings. The fourth-order valence-corrected chi connectivity index (χ4v) is 7.03. The topological polar surface area (TPSA) is 116 Å². The number of aryl methyl sites for hydroxylation is 1. The van der Waals surface area contributed by atoms with Gasteiger partial charge in [-0.3, -0.25) is 9.78 Å². The number of Topliss-reactive ketones (excluding diaryl/α,β-unsaturated/α-hetero) is 1. The van der Waals surface area contributed by atoms with Crippen LogP contribution >= 0.6 is 0 Å². The minimum Gasteiger partial charge on any atom is -0.292 e. The Hall–Kier alpha value is -3.77. The van der Waals surface area contributed by atoms with Crippen LogP contribution in [0.2, 0.25) is 0 Å². The number of aromatic nitrogens is 6. The highest BCUT2D eigenvalue weighted by molar-refractivity contribution is 7.89. The second-order valence-corrected chi connectivity index (χ2v) is 11.5. The highest BCUT2D eigenvalue weighted by atomic mass is 32.2. The van der Waals surface area contributed by atoms with Gasteiger partial charge in [-0.1, -0.05) is 6.07 Å². The van der Waals surface area contributed by atoms with Gasteiger partial charge in [-0.2, -0.15) is 19.3 Å². The lowest BCUT2D eigenvalue weighted by molar-refractivity contribution is 0.0394. The standard InChI is InChI=1S/C25H24FN7O3S/c1-31-28-15-23(30-31)37(35,36)32-11-9-18-12-22-17(14-29-33(22)20-7-5-19(26)6-8-20)13-25(18,16-32)24(34)21-4-2-3-10-27-21/h2-8,10,14-15,18H,9,11-13,16H2,1H3. The number of sulfonamides is 1. The van der Waals surface area contributed by atoms with Crippen molar-refractivity contribution in [3.05, 3.63) is 83.8 Å². The number of hydrogen-bond acceptors (Lipinski definition) is 7. The van der Waals surface area contributed by atoms with Crippen molar-refractivity contribution in [2.24, 2.45) is 18.4 Å². The van der Waals surface area contributed by atoms with Crippen LogP contribution < -0.4 is 0 Å². The van der Waals surface area contributed by atoms with E-state index >= 15 is 0 Å². The molecule has 1 aliphatic carbocycles. The quantitative estimate of drug-likeness (QED) is 0.370. The van der Waals surface area contributed by atoms with Crippen molar-refractivity contribution in [3.63, 3.8) is 0 Å². The van der Waals surface area contributed by atoms with E-state index in [1.165, 1.54) is 27.4 Å². The number of halogens is 1. The SMILES string of the molecule is Cn1ncc(S(=O)(=O)N2CCC3Cc4c(cnn4-c4ccc(F)cc4)CC3(C(=O)c3ccccn3)C2)n1. The third kappa shape index (κ3) is 3.87. The van der Waals surface area contributed by atoms with Crippen LogP contribution in [0.3, 0.4) is 0 Å². The van der Waals surface area contributed by atoms with Crippen LogP contribution in [0.1, 0.15) is 28.2 Å². The lowest BCUT2D eigenvalue weighted by Crippen LogP contribution is -2.57. The summed E-state index contributed by atoms with van der Waals surface area (Å²) in [6.07, 6.45) is 5.84. The first kappa shape index (κ1) is 23.6. The molecule has 190 valence electrons. The Labute approximate surface area is 212 Å². The number of hydrogen-bond donors (Lipinski definition) is 0. The van der Waals surface area contributed by atoms with Crippen LogP contribution in [0, 0.1) is 17.2 Å². The highest BCUT2D eigenvalue weighted by Gasteiger charge is 2.54. The van der Waals surface area contributed by atoms with E-state index in [1.807, 2.05) is 0 Å². The second kappa shape index (κ2) is 8.67. The number of nitrogens with zero attached hydrogens (tertiary/aromatic N) is 7. The average Bonchev–Trinajstić information content (AvgIpc) is 3.53. The number of rotatable bonds is 5. The molecular weight excluding hydrogens is 497 g/mol. The minimum atomic E-state index is -3.95. The van der Waals surface area contributed by atoms with Crippen molar-refractivity contribution < 1.29 is 17.6 Å². The number of ketones is 1.